The third-order valence-corrected chi connectivity index (χ3v) is 10.2. The van der Waals surface area contributed by atoms with Crippen molar-refractivity contribution in [3.8, 4) is 22.5 Å². The SMILES string of the molecule is Cc1ccc(NC(=O)c2ccc(CN3CCN(C)CC3)cc2)cc1[NH2+]c1nccc(-c2cccnc2)n1.Cc1ccc([NH3+])cc1Cc1nccc(-c2ccccc2)n1. The van der Waals surface area contributed by atoms with Gasteiger partial charge < -0.3 is 16.0 Å². The molecule has 4 aromatic carbocycles. The molecule has 8 rings (SSSR count). The zero-order valence-electron chi connectivity index (χ0n) is 33.3. The minimum atomic E-state index is -0.129. The summed E-state index contributed by atoms with van der Waals surface area (Å²) in [5.41, 5.74) is 15.9. The molecule has 292 valence electrons. The van der Waals surface area contributed by atoms with E-state index in [1.807, 2.05) is 109 Å². The number of anilines is 1. The second-order valence-electron chi connectivity index (χ2n) is 14.6. The second kappa shape index (κ2) is 19.1. The number of pyridine rings is 1. The highest BCUT2D eigenvalue weighted by Crippen LogP contribution is 2.21. The third kappa shape index (κ3) is 10.9. The second-order valence-corrected chi connectivity index (χ2v) is 14.6. The third-order valence-electron chi connectivity index (χ3n) is 10.2. The van der Waals surface area contributed by atoms with E-state index in [0.717, 1.165) is 90.1 Å². The van der Waals surface area contributed by atoms with Gasteiger partial charge in [-0.3, -0.25) is 14.7 Å². The Kier molecular flexibility index (Phi) is 13.1. The van der Waals surface area contributed by atoms with Crippen LogP contribution in [0.1, 0.15) is 38.4 Å². The molecule has 0 spiro atoms. The molecule has 0 bridgehead atoms. The Morgan fingerprint density at radius 1 is 0.741 bits per heavy atom. The molecule has 0 radical (unpaired) electrons. The number of nitrogens with one attached hydrogen (secondary N) is 1. The van der Waals surface area contributed by atoms with Crippen LogP contribution in [0, 0.1) is 13.8 Å². The molecule has 0 unspecified atom stereocenters. The van der Waals surface area contributed by atoms with Gasteiger partial charge in [-0.2, -0.15) is 9.97 Å². The fraction of sp³-hybridized carbons (Fsp3) is 0.191. The lowest BCUT2D eigenvalue weighted by atomic mass is 10.0. The average molecular weight is 771 g/mol. The molecule has 0 atom stereocenters. The van der Waals surface area contributed by atoms with Crippen LogP contribution >= 0.6 is 0 Å². The maximum atomic E-state index is 12.9. The molecule has 1 aliphatic rings. The highest BCUT2D eigenvalue weighted by molar-refractivity contribution is 6.04. The molecule has 1 amide bonds. The zero-order chi connectivity index (χ0) is 40.3. The number of aryl methyl sites for hydroxylation is 2. The number of nitrogens with zero attached hydrogens (tertiary/aromatic N) is 7. The topological polar surface area (TPSA) is 144 Å². The molecule has 11 heteroatoms. The van der Waals surface area contributed by atoms with Gasteiger partial charge >= 0.3 is 5.95 Å². The summed E-state index contributed by atoms with van der Waals surface area (Å²) in [6, 6.07) is 37.8. The van der Waals surface area contributed by atoms with E-state index in [1.54, 1.807) is 18.6 Å². The summed E-state index contributed by atoms with van der Waals surface area (Å²) in [5, 5.41) is 4.96. The van der Waals surface area contributed by atoms with E-state index in [2.05, 4.69) is 84.0 Å². The van der Waals surface area contributed by atoms with Gasteiger partial charge in [-0.1, -0.05) is 54.6 Å². The first-order chi connectivity index (χ1) is 28.3. The van der Waals surface area contributed by atoms with E-state index in [0.29, 0.717) is 11.5 Å². The Labute approximate surface area is 340 Å². The molecule has 6 N–H and O–H groups in total. The van der Waals surface area contributed by atoms with Crippen molar-refractivity contribution < 1.29 is 15.8 Å². The van der Waals surface area contributed by atoms with E-state index in [4.69, 9.17) is 0 Å². The highest BCUT2D eigenvalue weighted by atomic mass is 16.1. The number of benzene rings is 4. The summed E-state index contributed by atoms with van der Waals surface area (Å²) in [6.45, 7) is 9.39. The quantitative estimate of drug-likeness (QED) is 0.138. The number of piperazine rings is 1. The Balaban J connectivity index is 0.000000206. The number of likely N-dealkylation sites (N-methyl/N-ethyl adjacent to an activating group) is 1. The van der Waals surface area contributed by atoms with Crippen LogP contribution in [0.15, 0.2) is 140 Å². The molecule has 4 heterocycles. The van der Waals surface area contributed by atoms with Crippen molar-refractivity contribution in [1.29, 1.82) is 0 Å². The van der Waals surface area contributed by atoms with Gasteiger partial charge in [-0.05, 0) is 86.1 Å². The number of carbonyl (C=O) groups is 1. The minimum Gasteiger partial charge on any atom is -0.325 e. The molecule has 0 aliphatic carbocycles. The van der Waals surface area contributed by atoms with Gasteiger partial charge in [0.15, 0.2) is 0 Å². The van der Waals surface area contributed by atoms with Crippen molar-refractivity contribution in [3.63, 3.8) is 0 Å². The van der Waals surface area contributed by atoms with Gasteiger partial charge in [0.1, 0.15) is 17.2 Å². The molecule has 7 aromatic rings. The largest absolute Gasteiger partial charge is 0.331 e. The van der Waals surface area contributed by atoms with Gasteiger partial charge in [0.2, 0.25) is 0 Å². The van der Waals surface area contributed by atoms with Crippen molar-refractivity contribution in [2.45, 2.75) is 26.8 Å². The predicted molar refractivity (Wildman–Crippen MR) is 229 cm³/mol. The van der Waals surface area contributed by atoms with Crippen molar-refractivity contribution in [2.24, 2.45) is 0 Å². The summed E-state index contributed by atoms with van der Waals surface area (Å²) in [7, 11) is 2.16. The number of quaternary nitrogens is 2. The number of carbonyl (C=O) groups excluding carboxylic acids is 1. The van der Waals surface area contributed by atoms with Crippen LogP contribution < -0.4 is 16.4 Å². The van der Waals surface area contributed by atoms with Gasteiger partial charge in [0, 0.05) is 104 Å². The van der Waals surface area contributed by atoms with Crippen LogP contribution in [0.5, 0.6) is 0 Å². The number of amides is 1. The van der Waals surface area contributed by atoms with E-state index in [9.17, 15) is 4.79 Å². The van der Waals surface area contributed by atoms with Crippen LogP contribution in [0.3, 0.4) is 0 Å². The molecule has 1 fully saturated rings. The molecule has 3 aromatic heterocycles. The van der Waals surface area contributed by atoms with Crippen molar-refractivity contribution in [3.05, 3.63) is 174 Å². The number of nitrogens with two attached hydrogens (primary N) is 1. The molecule has 11 nitrogen and oxygen atoms in total. The maximum absolute atomic E-state index is 12.9. The minimum absolute atomic E-state index is 0.129. The van der Waals surface area contributed by atoms with Crippen LogP contribution in [-0.4, -0.2) is 73.9 Å². The van der Waals surface area contributed by atoms with Gasteiger partial charge in [0.25, 0.3) is 5.91 Å². The van der Waals surface area contributed by atoms with E-state index in [1.165, 1.54) is 16.7 Å². The first-order valence-electron chi connectivity index (χ1n) is 19.5. The van der Waals surface area contributed by atoms with Crippen LogP contribution in [0.25, 0.3) is 22.5 Å². The number of aromatic nitrogens is 5. The average Bonchev–Trinajstić information content (AvgIpc) is 3.25. The summed E-state index contributed by atoms with van der Waals surface area (Å²) >= 11 is 0. The number of rotatable bonds is 10. The van der Waals surface area contributed by atoms with Crippen molar-refractivity contribution in [1.82, 2.24) is 34.7 Å². The molecule has 1 saturated heterocycles. The number of hydrogen-bond donors (Lipinski definition) is 3. The first kappa shape index (κ1) is 39.7. The lowest BCUT2D eigenvalue weighted by molar-refractivity contribution is -0.487. The van der Waals surface area contributed by atoms with Gasteiger partial charge in [-0.15, -0.1) is 0 Å². The van der Waals surface area contributed by atoms with E-state index < -0.39 is 0 Å². The fourth-order valence-electron chi connectivity index (χ4n) is 6.70. The normalized spacial score (nSPS) is 13.0. The van der Waals surface area contributed by atoms with Crippen LogP contribution in [0.4, 0.5) is 23.0 Å². The Morgan fingerprint density at radius 2 is 1.47 bits per heavy atom. The Morgan fingerprint density at radius 3 is 2.22 bits per heavy atom. The summed E-state index contributed by atoms with van der Waals surface area (Å²) < 4.78 is 0. The molecule has 1 aliphatic heterocycles. The zero-order valence-corrected chi connectivity index (χ0v) is 33.3. The lowest BCUT2D eigenvalue weighted by Gasteiger charge is -2.32. The standard InChI is InChI=1S/C29H31N7O.C18H17N3/c1-21-5-10-25(18-27(21)34-29-31-13-11-26(33-29)24-4-3-12-30-19-24)32-28(37)23-8-6-22(7-9-23)20-36-16-14-35(2)15-17-36;1-13-7-8-16(19)11-15(13)12-18-20-10-9-17(21-18)14-5-3-2-4-6-14/h3-13,18-19H,14-17,20H2,1-2H3,(H,32,37)(H,31,33,34);2-11H,12,19H2,1H3/p+2. The smallest absolute Gasteiger partial charge is 0.325 e. The molecule has 58 heavy (non-hydrogen) atoms. The van der Waals surface area contributed by atoms with Crippen molar-refractivity contribution >= 4 is 28.9 Å². The van der Waals surface area contributed by atoms with Crippen LogP contribution in [0.2, 0.25) is 0 Å². The summed E-state index contributed by atoms with van der Waals surface area (Å²) in [5.74, 6) is 1.31. The van der Waals surface area contributed by atoms with Crippen molar-refractivity contribution in [2.75, 3.05) is 38.5 Å². The fourth-order valence-corrected chi connectivity index (χ4v) is 6.70. The Hall–Kier alpha value is -6.50. The highest BCUT2D eigenvalue weighted by Gasteiger charge is 2.16. The Bertz CT molecular complexity index is 2430. The van der Waals surface area contributed by atoms with Gasteiger partial charge in [0.05, 0.1) is 11.4 Å². The summed E-state index contributed by atoms with van der Waals surface area (Å²) in [6.07, 6.45) is 7.83. The van der Waals surface area contributed by atoms with E-state index in [-0.39, 0.29) is 5.91 Å². The monoisotopic (exact) mass is 770 g/mol. The summed E-state index contributed by atoms with van der Waals surface area (Å²) in [4.78, 5) is 40.1. The first-order valence-corrected chi connectivity index (χ1v) is 19.5. The van der Waals surface area contributed by atoms with Crippen LogP contribution in [-0.2, 0) is 13.0 Å². The maximum Gasteiger partial charge on any atom is 0.331 e. The molecular formula is C47H50N10O+2. The predicted octanol–water partition coefficient (Wildman–Crippen LogP) is 6.29. The van der Waals surface area contributed by atoms with Gasteiger partial charge in [-0.25, -0.2) is 15.3 Å². The molecule has 0 saturated carbocycles. The lowest BCUT2D eigenvalue weighted by Crippen LogP contribution is -2.72. The number of hydrogen-bond acceptors (Lipinski definition) is 8. The van der Waals surface area contributed by atoms with E-state index >= 15 is 0 Å². The molecular weight excluding hydrogens is 721 g/mol.